The van der Waals surface area contributed by atoms with Gasteiger partial charge in [-0.3, -0.25) is 29.6 Å². The summed E-state index contributed by atoms with van der Waals surface area (Å²) in [5.41, 5.74) is 0.995. The predicted octanol–water partition coefficient (Wildman–Crippen LogP) is 1.42. The lowest BCUT2D eigenvalue weighted by Crippen LogP contribution is -2.51. The van der Waals surface area contributed by atoms with E-state index < -0.39 is 23.7 Å². The van der Waals surface area contributed by atoms with Crippen LogP contribution in [0.3, 0.4) is 0 Å². The van der Waals surface area contributed by atoms with Crippen LogP contribution in [0.4, 0.5) is 10.7 Å². The molecule has 1 aliphatic heterocycles. The van der Waals surface area contributed by atoms with Crippen molar-refractivity contribution >= 4 is 35.0 Å². The van der Waals surface area contributed by atoms with E-state index >= 15 is 0 Å². The second kappa shape index (κ2) is 10.4. The average Bonchev–Trinajstić information content (AvgIpc) is 3.31. The molecule has 3 N–H and O–H groups in total. The van der Waals surface area contributed by atoms with Crippen molar-refractivity contribution in [2.24, 2.45) is 0 Å². The zero-order valence-corrected chi connectivity index (χ0v) is 19.6. The second-order valence-electron chi connectivity index (χ2n) is 8.31. The average molecular weight is 502 g/mol. The number of imidazole rings is 1. The van der Waals surface area contributed by atoms with Gasteiger partial charge >= 0.3 is 6.09 Å². The highest BCUT2D eigenvalue weighted by molar-refractivity contribution is 5.97. The number of aromatic amines is 1. The van der Waals surface area contributed by atoms with Gasteiger partial charge in [-0.1, -0.05) is 60.7 Å². The molecule has 1 fully saturated rings. The molecule has 12 heteroatoms. The summed E-state index contributed by atoms with van der Waals surface area (Å²) in [6.07, 6.45) is -0.244. The monoisotopic (exact) mass is 501 g/mol. The molecule has 4 aromatic rings. The Hall–Kier alpha value is -4.84. The van der Waals surface area contributed by atoms with Crippen molar-refractivity contribution in [3.63, 3.8) is 0 Å². The number of aromatic nitrogens is 4. The highest BCUT2D eigenvalue weighted by Crippen LogP contribution is 2.26. The lowest BCUT2D eigenvalue weighted by Gasteiger charge is -2.25. The van der Waals surface area contributed by atoms with Crippen molar-refractivity contribution in [2.45, 2.75) is 12.6 Å². The van der Waals surface area contributed by atoms with Crippen LogP contribution in [0.2, 0.25) is 0 Å². The van der Waals surface area contributed by atoms with Gasteiger partial charge in [-0.2, -0.15) is 4.98 Å². The topological polar surface area (TPSA) is 151 Å². The molecule has 0 spiro atoms. The molecule has 12 nitrogen and oxygen atoms in total. The Balaban J connectivity index is 1.36. The van der Waals surface area contributed by atoms with Crippen LogP contribution in [-0.4, -0.2) is 62.0 Å². The van der Waals surface area contributed by atoms with Crippen molar-refractivity contribution < 1.29 is 19.1 Å². The predicted molar refractivity (Wildman–Crippen MR) is 133 cm³/mol. The van der Waals surface area contributed by atoms with Gasteiger partial charge in [-0.25, -0.2) is 9.78 Å². The van der Waals surface area contributed by atoms with Crippen LogP contribution in [0, 0.1) is 0 Å². The number of piperazine rings is 1. The molecule has 188 valence electrons. The summed E-state index contributed by atoms with van der Waals surface area (Å²) in [6, 6.07) is 18.5. The van der Waals surface area contributed by atoms with Gasteiger partial charge in [0, 0.05) is 13.1 Å². The Labute approximate surface area is 210 Å². The van der Waals surface area contributed by atoms with E-state index in [0.29, 0.717) is 6.54 Å². The first-order valence-corrected chi connectivity index (χ1v) is 11.6. The molecule has 3 heterocycles. The maximum atomic E-state index is 12.8. The largest absolute Gasteiger partial charge is 0.436 e. The molecule has 2 aromatic carbocycles. The second-order valence-corrected chi connectivity index (χ2v) is 8.31. The Morgan fingerprint density at radius 1 is 1.03 bits per heavy atom. The van der Waals surface area contributed by atoms with Crippen LogP contribution in [0.1, 0.15) is 17.2 Å². The van der Waals surface area contributed by atoms with E-state index in [1.54, 1.807) is 0 Å². The third-order valence-electron chi connectivity index (χ3n) is 5.82. The quantitative estimate of drug-likeness (QED) is 0.359. The summed E-state index contributed by atoms with van der Waals surface area (Å²) in [5, 5.41) is 5.36. The lowest BCUT2D eigenvalue weighted by molar-refractivity contribution is -0.146. The van der Waals surface area contributed by atoms with E-state index in [0.717, 1.165) is 16.0 Å². The number of benzene rings is 2. The van der Waals surface area contributed by atoms with Crippen molar-refractivity contribution in [2.75, 3.05) is 25.0 Å². The van der Waals surface area contributed by atoms with E-state index in [-0.39, 0.29) is 42.7 Å². The fourth-order valence-electron chi connectivity index (χ4n) is 4.05. The van der Waals surface area contributed by atoms with E-state index in [2.05, 4.69) is 25.6 Å². The minimum atomic E-state index is -0.839. The maximum Gasteiger partial charge on any atom is 0.414 e. The molecule has 37 heavy (non-hydrogen) atoms. The van der Waals surface area contributed by atoms with Gasteiger partial charge in [-0.15, -0.1) is 0 Å². The normalized spacial score (nSPS) is 13.6. The Bertz CT molecular complexity index is 1460. The Kier molecular flexibility index (Phi) is 6.72. The molecular weight excluding hydrogens is 478 g/mol. The van der Waals surface area contributed by atoms with Crippen LogP contribution in [0.15, 0.2) is 71.8 Å². The number of rotatable bonds is 6. The molecule has 1 aliphatic rings. The molecule has 2 aromatic heterocycles. The molecule has 0 atom stereocenters. The highest BCUT2D eigenvalue weighted by atomic mass is 16.6. The van der Waals surface area contributed by atoms with Gasteiger partial charge in [0.1, 0.15) is 6.54 Å². The van der Waals surface area contributed by atoms with Crippen molar-refractivity contribution in [1.82, 2.24) is 29.7 Å². The number of ether oxygens (including phenoxy) is 1. The molecule has 0 bridgehead atoms. The Morgan fingerprint density at radius 3 is 2.35 bits per heavy atom. The number of anilines is 1. The first-order valence-electron chi connectivity index (χ1n) is 11.6. The van der Waals surface area contributed by atoms with Gasteiger partial charge in [-0.05, 0) is 11.1 Å². The van der Waals surface area contributed by atoms with Gasteiger partial charge < -0.3 is 14.6 Å². The molecule has 0 saturated carbocycles. The Morgan fingerprint density at radius 2 is 1.70 bits per heavy atom. The number of hydrogen-bond donors (Lipinski definition) is 3. The zero-order valence-electron chi connectivity index (χ0n) is 19.6. The zero-order chi connectivity index (χ0) is 25.8. The first-order chi connectivity index (χ1) is 18.0. The van der Waals surface area contributed by atoms with Gasteiger partial charge in [0.25, 0.3) is 5.56 Å². The summed E-state index contributed by atoms with van der Waals surface area (Å²) in [7, 11) is 0. The number of fused-ring (bicyclic) bond motifs is 1. The summed E-state index contributed by atoms with van der Waals surface area (Å²) in [6.45, 7) is 0.592. The number of H-pyrrole nitrogens is 1. The minimum Gasteiger partial charge on any atom is -0.436 e. The summed E-state index contributed by atoms with van der Waals surface area (Å²) >= 11 is 0. The molecular formula is C25H23N7O5. The highest BCUT2D eigenvalue weighted by Gasteiger charge is 2.25. The van der Waals surface area contributed by atoms with Crippen LogP contribution < -0.4 is 16.2 Å². The van der Waals surface area contributed by atoms with Gasteiger partial charge in [0.05, 0.1) is 12.9 Å². The van der Waals surface area contributed by atoms with E-state index in [4.69, 9.17) is 4.74 Å². The number of amides is 3. The maximum absolute atomic E-state index is 12.8. The van der Waals surface area contributed by atoms with Crippen LogP contribution in [0.5, 0.6) is 0 Å². The lowest BCUT2D eigenvalue weighted by atomic mass is 10.0. The fourth-order valence-corrected chi connectivity index (χ4v) is 4.05. The number of nitrogens with zero attached hydrogens (tertiary/aromatic N) is 4. The van der Waals surface area contributed by atoms with Crippen molar-refractivity contribution in [3.8, 4) is 0 Å². The number of imide groups is 1. The van der Waals surface area contributed by atoms with Gasteiger partial charge in [0.2, 0.25) is 17.8 Å². The number of carbonyl (C=O) groups is 3. The smallest absolute Gasteiger partial charge is 0.414 e. The van der Waals surface area contributed by atoms with Crippen LogP contribution in [-0.2, 0) is 20.9 Å². The van der Waals surface area contributed by atoms with E-state index in [1.165, 1.54) is 10.9 Å². The van der Waals surface area contributed by atoms with E-state index in [9.17, 15) is 19.2 Å². The molecule has 1 saturated heterocycles. The standard InChI is InChI=1S/C25H23N7O5/c33-18-13-26-11-12-32(18)19(34)14-31-15-27-20-22(31)28-24(29-23(20)35)30-25(36)37-21(16-7-3-1-4-8-16)17-9-5-2-6-10-17/h1-10,15,21,26H,11-14H2,(H2,28,29,30,35,36). The molecule has 5 rings (SSSR count). The minimum absolute atomic E-state index is 0.00944. The molecule has 0 unspecified atom stereocenters. The number of carbonyl (C=O) groups excluding carboxylic acids is 3. The van der Waals surface area contributed by atoms with Crippen molar-refractivity contribution in [1.29, 1.82) is 0 Å². The SMILES string of the molecule is O=C(Nc1nc2c(ncn2CC(=O)N2CCNCC2=O)c(=O)[nH]1)OC(c1ccccc1)c1ccccc1. The summed E-state index contributed by atoms with van der Waals surface area (Å²) < 4.78 is 7.06. The molecule has 3 amide bonds. The van der Waals surface area contributed by atoms with Gasteiger partial charge in [0.15, 0.2) is 17.3 Å². The van der Waals surface area contributed by atoms with Crippen LogP contribution >= 0.6 is 0 Å². The third-order valence-corrected chi connectivity index (χ3v) is 5.82. The summed E-state index contributed by atoms with van der Waals surface area (Å²) in [5.74, 6) is -0.951. The fraction of sp³-hybridized carbons (Fsp3) is 0.200. The van der Waals surface area contributed by atoms with E-state index in [1.807, 2.05) is 60.7 Å². The summed E-state index contributed by atoms with van der Waals surface area (Å²) in [4.78, 5) is 62.0. The van der Waals surface area contributed by atoms with Crippen LogP contribution in [0.25, 0.3) is 11.2 Å². The number of nitrogens with one attached hydrogen (secondary N) is 3. The van der Waals surface area contributed by atoms with Crippen molar-refractivity contribution in [3.05, 3.63) is 88.5 Å². The molecule has 0 aliphatic carbocycles. The first kappa shape index (κ1) is 23.9. The molecule has 0 radical (unpaired) electrons. The third kappa shape index (κ3) is 5.23. The number of hydrogen-bond acceptors (Lipinski definition) is 8.